The zero-order valence-corrected chi connectivity index (χ0v) is 17.5. The van der Waals surface area contributed by atoms with E-state index < -0.39 is 0 Å². The van der Waals surface area contributed by atoms with Crippen LogP contribution in [0.2, 0.25) is 0 Å². The molecule has 2 aliphatic heterocycles. The molecule has 7 nitrogen and oxygen atoms in total. The van der Waals surface area contributed by atoms with E-state index in [-0.39, 0.29) is 11.8 Å². The number of aromatic amines is 1. The number of aromatic nitrogens is 2. The first kappa shape index (κ1) is 19.6. The molecule has 0 aliphatic carbocycles. The Morgan fingerprint density at radius 2 is 1.66 bits per heavy atom. The first-order chi connectivity index (χ1) is 14.0. The average Bonchev–Trinajstić information content (AvgIpc) is 3.15. The molecule has 2 aliphatic rings. The lowest BCUT2D eigenvalue weighted by molar-refractivity contribution is 0.0629. The SMILES string of the molecule is CCN1CCN(C(=O)c2n[nH]c3c2CN(C(=O)c2cc(C)cc(C)c2)CC3)CC1. The number of benzene rings is 1. The van der Waals surface area contributed by atoms with Gasteiger partial charge in [-0.25, -0.2) is 0 Å². The summed E-state index contributed by atoms with van der Waals surface area (Å²) < 4.78 is 0. The predicted molar refractivity (Wildman–Crippen MR) is 111 cm³/mol. The summed E-state index contributed by atoms with van der Waals surface area (Å²) in [6.07, 6.45) is 0.690. The van der Waals surface area contributed by atoms with Crippen LogP contribution in [0.25, 0.3) is 0 Å². The van der Waals surface area contributed by atoms with Crippen molar-refractivity contribution in [1.82, 2.24) is 24.9 Å². The van der Waals surface area contributed by atoms with E-state index >= 15 is 0 Å². The Morgan fingerprint density at radius 3 is 2.31 bits per heavy atom. The third-order valence-electron chi connectivity index (χ3n) is 6.00. The Bertz CT molecular complexity index is 907. The van der Waals surface area contributed by atoms with Crippen LogP contribution in [-0.4, -0.2) is 76.0 Å². The molecule has 1 aromatic carbocycles. The van der Waals surface area contributed by atoms with Crippen molar-refractivity contribution in [3.63, 3.8) is 0 Å². The Balaban J connectivity index is 1.51. The second kappa shape index (κ2) is 7.99. The van der Waals surface area contributed by atoms with Gasteiger partial charge in [-0.1, -0.05) is 24.1 Å². The molecule has 0 saturated carbocycles. The largest absolute Gasteiger partial charge is 0.335 e. The highest BCUT2D eigenvalue weighted by Crippen LogP contribution is 2.24. The zero-order valence-electron chi connectivity index (χ0n) is 17.5. The Kier molecular flexibility index (Phi) is 5.41. The molecule has 0 unspecified atom stereocenters. The summed E-state index contributed by atoms with van der Waals surface area (Å²) in [6, 6.07) is 5.93. The number of hydrogen-bond acceptors (Lipinski definition) is 4. The van der Waals surface area contributed by atoms with Gasteiger partial charge in [-0.2, -0.15) is 5.10 Å². The molecule has 2 amide bonds. The normalized spacial score (nSPS) is 17.3. The highest BCUT2D eigenvalue weighted by atomic mass is 16.2. The van der Waals surface area contributed by atoms with Gasteiger partial charge in [-0.05, 0) is 32.5 Å². The fourth-order valence-electron chi connectivity index (χ4n) is 4.34. The molecular formula is C22H29N5O2. The number of nitrogens with one attached hydrogen (secondary N) is 1. The number of H-pyrrole nitrogens is 1. The molecule has 7 heteroatoms. The Labute approximate surface area is 171 Å². The van der Waals surface area contributed by atoms with E-state index in [1.54, 1.807) is 0 Å². The topological polar surface area (TPSA) is 72.5 Å². The molecule has 0 spiro atoms. The summed E-state index contributed by atoms with van der Waals surface area (Å²) >= 11 is 0. The first-order valence-electron chi connectivity index (χ1n) is 10.4. The van der Waals surface area contributed by atoms with Gasteiger partial charge in [0.05, 0.1) is 6.54 Å². The van der Waals surface area contributed by atoms with Crippen molar-refractivity contribution in [1.29, 1.82) is 0 Å². The lowest BCUT2D eigenvalue weighted by atomic mass is 10.0. The second-order valence-electron chi connectivity index (χ2n) is 8.11. The number of nitrogens with zero attached hydrogens (tertiary/aromatic N) is 4. The molecule has 1 fully saturated rings. The standard InChI is InChI=1S/C22H29N5O2/c1-4-25-7-9-26(10-8-25)22(29)20-18-14-27(6-5-19(18)23-24-20)21(28)17-12-15(2)11-16(3)13-17/h11-13H,4-10,14H2,1-3H3,(H,23,24). The highest BCUT2D eigenvalue weighted by molar-refractivity contribution is 5.96. The average molecular weight is 396 g/mol. The third-order valence-corrected chi connectivity index (χ3v) is 6.00. The molecular weight excluding hydrogens is 366 g/mol. The van der Waals surface area contributed by atoms with Crippen molar-refractivity contribution in [2.45, 2.75) is 33.7 Å². The minimum atomic E-state index is -0.0287. The quantitative estimate of drug-likeness (QED) is 0.863. The number of rotatable bonds is 3. The molecule has 1 N–H and O–H groups in total. The monoisotopic (exact) mass is 395 g/mol. The maximum atomic E-state index is 13.1. The fourth-order valence-corrected chi connectivity index (χ4v) is 4.34. The van der Waals surface area contributed by atoms with Crippen molar-refractivity contribution in [3.8, 4) is 0 Å². The van der Waals surface area contributed by atoms with Crippen LogP contribution in [-0.2, 0) is 13.0 Å². The number of aryl methyl sites for hydroxylation is 2. The molecule has 1 aromatic heterocycles. The molecule has 29 heavy (non-hydrogen) atoms. The van der Waals surface area contributed by atoms with Gasteiger partial charge in [0.2, 0.25) is 0 Å². The molecule has 154 valence electrons. The Hall–Kier alpha value is -2.67. The van der Waals surface area contributed by atoms with Crippen molar-refractivity contribution in [3.05, 3.63) is 51.8 Å². The van der Waals surface area contributed by atoms with Crippen LogP contribution in [0, 0.1) is 13.8 Å². The predicted octanol–water partition coefficient (Wildman–Crippen LogP) is 2.00. The van der Waals surface area contributed by atoms with Crippen LogP contribution in [0.5, 0.6) is 0 Å². The van der Waals surface area contributed by atoms with Gasteiger partial charge < -0.3 is 14.7 Å². The van der Waals surface area contributed by atoms with Crippen LogP contribution in [0.1, 0.15) is 50.2 Å². The van der Waals surface area contributed by atoms with E-state index in [4.69, 9.17) is 0 Å². The lowest BCUT2D eigenvalue weighted by Crippen LogP contribution is -2.48. The summed E-state index contributed by atoms with van der Waals surface area (Å²) in [5.74, 6) is -0.0161. The van der Waals surface area contributed by atoms with Crippen molar-refractivity contribution in [2.24, 2.45) is 0 Å². The third kappa shape index (κ3) is 3.92. The molecule has 2 aromatic rings. The summed E-state index contributed by atoms with van der Waals surface area (Å²) in [5.41, 5.74) is 5.19. The molecule has 3 heterocycles. The van der Waals surface area contributed by atoms with Gasteiger partial charge >= 0.3 is 0 Å². The summed E-state index contributed by atoms with van der Waals surface area (Å²) in [7, 11) is 0. The van der Waals surface area contributed by atoms with Crippen molar-refractivity contribution in [2.75, 3.05) is 39.3 Å². The minimum absolute atomic E-state index is 0.0126. The van der Waals surface area contributed by atoms with Gasteiger partial charge in [0, 0.05) is 56.0 Å². The van der Waals surface area contributed by atoms with Gasteiger partial charge in [-0.3, -0.25) is 14.7 Å². The van der Waals surface area contributed by atoms with Crippen molar-refractivity contribution < 1.29 is 9.59 Å². The van der Waals surface area contributed by atoms with E-state index in [9.17, 15) is 9.59 Å². The van der Waals surface area contributed by atoms with E-state index in [2.05, 4.69) is 28.1 Å². The number of carbonyl (C=O) groups excluding carboxylic acids is 2. The number of carbonyl (C=O) groups is 2. The van der Waals surface area contributed by atoms with Crippen LogP contribution >= 0.6 is 0 Å². The number of hydrogen-bond donors (Lipinski definition) is 1. The van der Waals surface area contributed by atoms with Crippen LogP contribution in [0.15, 0.2) is 18.2 Å². The zero-order chi connectivity index (χ0) is 20.5. The molecule has 0 bridgehead atoms. The smallest absolute Gasteiger partial charge is 0.274 e. The van der Waals surface area contributed by atoms with Crippen molar-refractivity contribution >= 4 is 11.8 Å². The number of piperazine rings is 1. The molecule has 1 saturated heterocycles. The fraction of sp³-hybridized carbons (Fsp3) is 0.500. The van der Waals surface area contributed by atoms with Gasteiger partial charge in [-0.15, -0.1) is 0 Å². The van der Waals surface area contributed by atoms with Gasteiger partial charge in [0.1, 0.15) is 0 Å². The van der Waals surface area contributed by atoms with E-state index in [0.717, 1.165) is 55.1 Å². The van der Waals surface area contributed by atoms with E-state index in [0.29, 0.717) is 30.8 Å². The van der Waals surface area contributed by atoms with Crippen LogP contribution < -0.4 is 0 Å². The summed E-state index contributed by atoms with van der Waals surface area (Å²) in [6.45, 7) is 11.4. The number of likely N-dealkylation sites (N-methyl/N-ethyl adjacent to an activating group) is 1. The summed E-state index contributed by atoms with van der Waals surface area (Å²) in [5, 5.41) is 7.38. The number of fused-ring (bicyclic) bond motifs is 1. The van der Waals surface area contributed by atoms with Crippen LogP contribution in [0.4, 0.5) is 0 Å². The van der Waals surface area contributed by atoms with E-state index in [1.807, 2.05) is 35.8 Å². The lowest BCUT2D eigenvalue weighted by Gasteiger charge is -2.34. The minimum Gasteiger partial charge on any atom is -0.335 e. The second-order valence-corrected chi connectivity index (χ2v) is 8.11. The van der Waals surface area contributed by atoms with E-state index in [1.165, 1.54) is 0 Å². The van der Waals surface area contributed by atoms with Gasteiger partial charge in [0.25, 0.3) is 11.8 Å². The highest BCUT2D eigenvalue weighted by Gasteiger charge is 2.31. The van der Waals surface area contributed by atoms with Crippen LogP contribution in [0.3, 0.4) is 0 Å². The maximum absolute atomic E-state index is 13.1. The number of amides is 2. The van der Waals surface area contributed by atoms with Gasteiger partial charge in [0.15, 0.2) is 5.69 Å². The Morgan fingerprint density at radius 1 is 0.966 bits per heavy atom. The molecule has 0 atom stereocenters. The molecule has 4 rings (SSSR count). The molecule has 0 radical (unpaired) electrons. The summed E-state index contributed by atoms with van der Waals surface area (Å²) in [4.78, 5) is 32.2. The maximum Gasteiger partial charge on any atom is 0.274 e. The first-order valence-corrected chi connectivity index (χ1v) is 10.4.